The molecular formula is C13H22N2O3S. The Bertz CT molecular complexity index is 369. The fourth-order valence-corrected chi connectivity index (χ4v) is 3.20. The third-order valence-electron chi connectivity index (χ3n) is 4.37. The molecule has 0 saturated carbocycles. The molecule has 19 heavy (non-hydrogen) atoms. The Morgan fingerprint density at radius 1 is 1.47 bits per heavy atom. The second-order valence-electron chi connectivity index (χ2n) is 5.64. The van der Waals surface area contributed by atoms with E-state index < -0.39 is 5.41 Å². The highest BCUT2D eigenvalue weighted by Crippen LogP contribution is 2.34. The van der Waals surface area contributed by atoms with Crippen LogP contribution < -0.4 is 5.73 Å². The molecule has 6 heteroatoms. The van der Waals surface area contributed by atoms with E-state index in [1.54, 1.807) is 0 Å². The molecule has 1 amide bonds. The number of hydrogen-bond acceptors (Lipinski definition) is 4. The monoisotopic (exact) mass is 286 g/mol. The van der Waals surface area contributed by atoms with E-state index in [4.69, 9.17) is 22.7 Å². The van der Waals surface area contributed by atoms with E-state index >= 15 is 0 Å². The van der Waals surface area contributed by atoms with Gasteiger partial charge in [0.1, 0.15) is 5.41 Å². The minimum atomic E-state index is -0.740. The van der Waals surface area contributed by atoms with Gasteiger partial charge in [0.05, 0.1) is 11.1 Å². The van der Waals surface area contributed by atoms with E-state index in [2.05, 4.69) is 0 Å². The summed E-state index contributed by atoms with van der Waals surface area (Å²) >= 11 is 5.15. The lowest BCUT2D eigenvalue weighted by molar-refractivity contribution is -0.146. The van der Waals surface area contributed by atoms with Gasteiger partial charge in [0, 0.05) is 26.3 Å². The molecule has 5 nitrogen and oxygen atoms in total. The van der Waals surface area contributed by atoms with Gasteiger partial charge in [0.15, 0.2) is 0 Å². The Labute approximate surface area is 119 Å². The summed E-state index contributed by atoms with van der Waals surface area (Å²) in [6, 6.07) is 0. The molecule has 0 aliphatic carbocycles. The molecule has 0 aromatic rings. The first-order valence-electron chi connectivity index (χ1n) is 6.82. The Morgan fingerprint density at radius 3 is 2.63 bits per heavy atom. The van der Waals surface area contributed by atoms with Gasteiger partial charge >= 0.3 is 0 Å². The summed E-state index contributed by atoms with van der Waals surface area (Å²) in [5.74, 6) is 0.114. The number of aliphatic hydroxyl groups is 1. The highest BCUT2D eigenvalue weighted by Gasteiger charge is 2.46. The Morgan fingerprint density at radius 2 is 2.11 bits per heavy atom. The number of aliphatic hydroxyl groups excluding tert-OH is 1. The molecule has 0 aromatic carbocycles. The SMILES string of the molecule is CC1CN(C(=O)C2(C(N)=S)CCOCC2)CCC1O. The first kappa shape index (κ1) is 14.7. The standard InChI is InChI=1S/C13H22N2O3S/c1-9-8-15(5-2-10(9)16)12(17)13(11(14)19)3-6-18-7-4-13/h9-10,16H,2-8H2,1H3,(H2,14,19). The summed E-state index contributed by atoms with van der Waals surface area (Å²) < 4.78 is 5.32. The zero-order chi connectivity index (χ0) is 14.0. The van der Waals surface area contributed by atoms with Gasteiger partial charge in [-0.3, -0.25) is 4.79 Å². The van der Waals surface area contributed by atoms with Gasteiger partial charge in [-0.25, -0.2) is 0 Å². The first-order valence-corrected chi connectivity index (χ1v) is 7.23. The summed E-state index contributed by atoms with van der Waals surface area (Å²) in [6.07, 6.45) is 1.43. The van der Waals surface area contributed by atoms with Crippen LogP contribution in [0.2, 0.25) is 0 Å². The van der Waals surface area contributed by atoms with Gasteiger partial charge in [0.2, 0.25) is 5.91 Å². The van der Waals surface area contributed by atoms with Crippen LogP contribution in [-0.4, -0.2) is 53.3 Å². The number of ether oxygens (including phenoxy) is 1. The quantitative estimate of drug-likeness (QED) is 0.714. The van der Waals surface area contributed by atoms with Crippen LogP contribution in [0.1, 0.15) is 26.2 Å². The smallest absolute Gasteiger partial charge is 0.235 e. The van der Waals surface area contributed by atoms with E-state index in [1.807, 2.05) is 11.8 Å². The molecule has 2 saturated heterocycles. The summed E-state index contributed by atoms with van der Waals surface area (Å²) in [6.45, 7) is 4.16. The van der Waals surface area contributed by atoms with Crippen molar-refractivity contribution >= 4 is 23.1 Å². The summed E-state index contributed by atoms with van der Waals surface area (Å²) in [4.78, 5) is 14.9. The fraction of sp³-hybridized carbons (Fsp3) is 0.846. The lowest BCUT2D eigenvalue weighted by atomic mass is 9.78. The minimum Gasteiger partial charge on any atom is -0.393 e. The van der Waals surface area contributed by atoms with Gasteiger partial charge in [0.25, 0.3) is 0 Å². The number of thiocarbonyl (C=S) groups is 1. The molecule has 2 unspecified atom stereocenters. The molecule has 2 fully saturated rings. The zero-order valence-corrected chi connectivity index (χ0v) is 12.1. The van der Waals surface area contributed by atoms with Crippen LogP contribution in [0.15, 0.2) is 0 Å². The molecule has 3 N–H and O–H groups in total. The van der Waals surface area contributed by atoms with Crippen LogP contribution in [0.3, 0.4) is 0 Å². The maximum Gasteiger partial charge on any atom is 0.235 e. The number of piperidine rings is 1. The van der Waals surface area contributed by atoms with Crippen molar-refractivity contribution in [2.75, 3.05) is 26.3 Å². The van der Waals surface area contributed by atoms with E-state index in [9.17, 15) is 9.90 Å². The van der Waals surface area contributed by atoms with Crippen LogP contribution in [0.5, 0.6) is 0 Å². The maximum absolute atomic E-state index is 12.8. The second kappa shape index (κ2) is 5.73. The van der Waals surface area contributed by atoms with E-state index in [0.717, 1.165) is 0 Å². The fourth-order valence-electron chi connectivity index (χ4n) is 2.91. The van der Waals surface area contributed by atoms with Gasteiger partial charge in [-0.1, -0.05) is 19.1 Å². The van der Waals surface area contributed by atoms with Crippen molar-refractivity contribution in [3.63, 3.8) is 0 Å². The van der Waals surface area contributed by atoms with Gasteiger partial charge < -0.3 is 20.5 Å². The highest BCUT2D eigenvalue weighted by atomic mass is 32.1. The normalized spacial score (nSPS) is 30.9. The molecule has 2 atom stereocenters. The molecular weight excluding hydrogens is 264 g/mol. The van der Waals surface area contributed by atoms with Crippen LogP contribution >= 0.6 is 12.2 Å². The summed E-state index contributed by atoms with van der Waals surface area (Å²) in [5, 5.41) is 9.75. The molecule has 0 spiro atoms. The number of nitrogens with zero attached hydrogens (tertiary/aromatic N) is 1. The highest BCUT2D eigenvalue weighted by molar-refractivity contribution is 7.80. The van der Waals surface area contributed by atoms with E-state index in [1.165, 1.54) is 0 Å². The largest absolute Gasteiger partial charge is 0.393 e. The number of carbonyl (C=O) groups excluding carboxylic acids is 1. The molecule has 108 valence electrons. The lowest BCUT2D eigenvalue weighted by Crippen LogP contribution is -2.56. The van der Waals surface area contributed by atoms with Crippen molar-refractivity contribution < 1.29 is 14.6 Å². The molecule has 2 rings (SSSR count). The Hall–Kier alpha value is -0.720. The van der Waals surface area contributed by atoms with Crippen molar-refractivity contribution in [3.8, 4) is 0 Å². The third-order valence-corrected chi connectivity index (χ3v) is 4.77. The average Bonchev–Trinajstić information content (AvgIpc) is 2.41. The topological polar surface area (TPSA) is 75.8 Å². The molecule has 2 heterocycles. The molecule has 2 aliphatic rings. The zero-order valence-electron chi connectivity index (χ0n) is 11.3. The van der Waals surface area contributed by atoms with Gasteiger partial charge in [-0.05, 0) is 25.2 Å². The predicted molar refractivity (Wildman–Crippen MR) is 75.6 cm³/mol. The van der Waals surface area contributed by atoms with Crippen LogP contribution in [-0.2, 0) is 9.53 Å². The molecule has 0 bridgehead atoms. The average molecular weight is 286 g/mol. The van der Waals surface area contributed by atoms with Crippen LogP contribution in [0.4, 0.5) is 0 Å². The lowest BCUT2D eigenvalue weighted by Gasteiger charge is -2.42. The number of carbonyl (C=O) groups is 1. The van der Waals surface area contributed by atoms with Gasteiger partial charge in [-0.15, -0.1) is 0 Å². The predicted octanol–water partition coefficient (Wildman–Crippen LogP) is 0.299. The van der Waals surface area contributed by atoms with Crippen molar-refractivity contribution in [3.05, 3.63) is 0 Å². The summed E-state index contributed by atoms with van der Waals surface area (Å²) in [7, 11) is 0. The number of rotatable bonds is 2. The summed E-state index contributed by atoms with van der Waals surface area (Å²) in [5.41, 5.74) is 5.11. The Balaban J connectivity index is 2.14. The van der Waals surface area contributed by atoms with Crippen molar-refractivity contribution in [2.45, 2.75) is 32.3 Å². The van der Waals surface area contributed by atoms with Crippen molar-refractivity contribution in [1.82, 2.24) is 4.90 Å². The van der Waals surface area contributed by atoms with Crippen LogP contribution in [0, 0.1) is 11.3 Å². The number of amides is 1. The second-order valence-corrected chi connectivity index (χ2v) is 6.08. The van der Waals surface area contributed by atoms with Crippen molar-refractivity contribution in [2.24, 2.45) is 17.1 Å². The van der Waals surface area contributed by atoms with E-state index in [0.29, 0.717) is 45.6 Å². The Kier molecular flexibility index (Phi) is 4.43. The first-order chi connectivity index (χ1) is 8.97. The van der Waals surface area contributed by atoms with Gasteiger partial charge in [-0.2, -0.15) is 0 Å². The molecule has 0 aromatic heterocycles. The minimum absolute atomic E-state index is 0.0158. The van der Waals surface area contributed by atoms with E-state index in [-0.39, 0.29) is 22.9 Å². The number of hydrogen-bond donors (Lipinski definition) is 2. The molecule has 0 radical (unpaired) electrons. The number of nitrogens with two attached hydrogens (primary N) is 1. The van der Waals surface area contributed by atoms with Crippen molar-refractivity contribution in [1.29, 1.82) is 0 Å². The maximum atomic E-state index is 12.8. The third kappa shape index (κ3) is 2.75. The van der Waals surface area contributed by atoms with Crippen LogP contribution in [0.25, 0.3) is 0 Å². The number of likely N-dealkylation sites (tertiary alicyclic amines) is 1. The molecule has 2 aliphatic heterocycles.